The number of benzene rings is 2. The van der Waals surface area contributed by atoms with Crippen LogP contribution in [-0.2, 0) is 7.05 Å². The monoisotopic (exact) mass is 434 g/mol. The molecule has 0 aliphatic carbocycles. The van der Waals surface area contributed by atoms with E-state index in [1.54, 1.807) is 16.6 Å². The molecule has 5 rings (SSSR count). The van der Waals surface area contributed by atoms with E-state index in [0.717, 1.165) is 23.4 Å². The van der Waals surface area contributed by atoms with Gasteiger partial charge in [0.25, 0.3) is 5.91 Å². The van der Waals surface area contributed by atoms with Gasteiger partial charge in [-0.2, -0.15) is 5.10 Å². The standard InChI is InChI=1S/C23H26N6O3/c1-13-5-3-4-6-16(13)17-9-21(28(2)27-17)25-18-7-15(30)8-20(31)22(18)23(32)29-11-14-10-24-26-19(14)12-29/h3-9,14,19,24-26,30-31H,10-12H2,1-2H3. The van der Waals surface area contributed by atoms with Gasteiger partial charge in [-0.15, -0.1) is 0 Å². The minimum absolute atomic E-state index is 0.132. The molecule has 3 heterocycles. The second-order valence-corrected chi connectivity index (χ2v) is 8.47. The van der Waals surface area contributed by atoms with E-state index in [4.69, 9.17) is 0 Å². The van der Waals surface area contributed by atoms with Crippen molar-refractivity contribution in [3.05, 3.63) is 53.6 Å². The first kappa shape index (κ1) is 20.3. The highest BCUT2D eigenvalue weighted by Crippen LogP contribution is 2.36. The van der Waals surface area contributed by atoms with E-state index in [0.29, 0.717) is 30.5 Å². The first-order chi connectivity index (χ1) is 15.4. The summed E-state index contributed by atoms with van der Waals surface area (Å²) in [5.74, 6) is 0.297. The number of aromatic nitrogens is 2. The van der Waals surface area contributed by atoms with Gasteiger partial charge >= 0.3 is 0 Å². The molecule has 0 radical (unpaired) electrons. The number of likely N-dealkylation sites (tertiary alicyclic amines) is 1. The van der Waals surface area contributed by atoms with Crippen molar-refractivity contribution in [2.24, 2.45) is 13.0 Å². The number of aromatic hydroxyl groups is 2. The van der Waals surface area contributed by atoms with Crippen LogP contribution in [0.1, 0.15) is 15.9 Å². The lowest BCUT2D eigenvalue weighted by molar-refractivity contribution is 0.0780. The Hall–Kier alpha value is -3.56. The van der Waals surface area contributed by atoms with E-state index in [1.807, 2.05) is 37.3 Å². The van der Waals surface area contributed by atoms with Gasteiger partial charge in [-0.3, -0.25) is 20.3 Å². The van der Waals surface area contributed by atoms with Gasteiger partial charge in [-0.05, 0) is 12.5 Å². The Morgan fingerprint density at radius 2 is 2.00 bits per heavy atom. The predicted molar refractivity (Wildman–Crippen MR) is 121 cm³/mol. The molecule has 2 aromatic carbocycles. The first-order valence-corrected chi connectivity index (χ1v) is 10.6. The Bertz CT molecular complexity index is 1180. The molecule has 3 aromatic rings. The van der Waals surface area contributed by atoms with Crippen LogP contribution in [0.3, 0.4) is 0 Å². The molecule has 166 valence electrons. The fourth-order valence-corrected chi connectivity index (χ4v) is 4.54. The van der Waals surface area contributed by atoms with Crippen LogP contribution >= 0.6 is 0 Å². The van der Waals surface area contributed by atoms with Crippen molar-refractivity contribution >= 4 is 17.4 Å². The van der Waals surface area contributed by atoms with Crippen LogP contribution < -0.4 is 16.2 Å². The number of nitrogens with zero attached hydrogens (tertiary/aromatic N) is 3. The topological polar surface area (TPSA) is 115 Å². The number of rotatable bonds is 4. The molecule has 1 aromatic heterocycles. The molecule has 2 fully saturated rings. The number of nitrogens with one attached hydrogen (secondary N) is 3. The average Bonchev–Trinajstić information content (AvgIpc) is 3.43. The van der Waals surface area contributed by atoms with Gasteiger partial charge in [-0.1, -0.05) is 24.3 Å². The van der Waals surface area contributed by atoms with E-state index in [2.05, 4.69) is 21.3 Å². The Kier molecular flexibility index (Phi) is 4.99. The number of hydrogen-bond donors (Lipinski definition) is 5. The van der Waals surface area contributed by atoms with Crippen molar-refractivity contribution in [3.8, 4) is 22.8 Å². The van der Waals surface area contributed by atoms with Crippen LogP contribution in [0.5, 0.6) is 11.5 Å². The number of phenolic OH excluding ortho intramolecular Hbond substituents is 2. The van der Waals surface area contributed by atoms with Gasteiger partial charge in [0.15, 0.2) is 0 Å². The van der Waals surface area contributed by atoms with Crippen molar-refractivity contribution in [3.63, 3.8) is 0 Å². The Labute approximate surface area is 185 Å². The van der Waals surface area contributed by atoms with E-state index in [1.165, 1.54) is 12.1 Å². The van der Waals surface area contributed by atoms with Gasteiger partial charge in [0.2, 0.25) is 0 Å². The SMILES string of the molecule is Cc1ccccc1-c1cc(Nc2cc(O)cc(O)c2C(=O)N2CC3CNNC3C2)n(C)n1. The molecule has 32 heavy (non-hydrogen) atoms. The summed E-state index contributed by atoms with van der Waals surface area (Å²) in [5, 5.41) is 28.5. The van der Waals surface area contributed by atoms with Crippen molar-refractivity contribution < 1.29 is 15.0 Å². The van der Waals surface area contributed by atoms with Crippen molar-refractivity contribution in [2.75, 3.05) is 25.0 Å². The largest absolute Gasteiger partial charge is 0.508 e. The second kappa shape index (κ2) is 7.85. The molecule has 2 aliphatic heterocycles. The summed E-state index contributed by atoms with van der Waals surface area (Å²) in [6.07, 6.45) is 0. The summed E-state index contributed by atoms with van der Waals surface area (Å²) in [7, 11) is 1.80. The molecular weight excluding hydrogens is 408 g/mol. The van der Waals surface area contributed by atoms with Crippen LogP contribution in [0.2, 0.25) is 0 Å². The van der Waals surface area contributed by atoms with E-state index in [-0.39, 0.29) is 29.0 Å². The lowest BCUT2D eigenvalue weighted by Crippen LogP contribution is -2.38. The third-order valence-electron chi connectivity index (χ3n) is 6.26. The minimum atomic E-state index is -0.275. The van der Waals surface area contributed by atoms with Crippen LogP contribution in [0.25, 0.3) is 11.3 Å². The van der Waals surface area contributed by atoms with E-state index in [9.17, 15) is 15.0 Å². The summed E-state index contributed by atoms with van der Waals surface area (Å²) in [4.78, 5) is 15.1. The number of hydrazine groups is 1. The van der Waals surface area contributed by atoms with Gasteiger partial charge in [0.05, 0.1) is 11.4 Å². The lowest BCUT2D eigenvalue weighted by Gasteiger charge is -2.21. The van der Waals surface area contributed by atoms with Gasteiger partial charge in [0, 0.05) is 62.4 Å². The molecule has 2 saturated heterocycles. The second-order valence-electron chi connectivity index (χ2n) is 8.47. The fourth-order valence-electron chi connectivity index (χ4n) is 4.54. The zero-order chi connectivity index (χ0) is 22.4. The highest BCUT2D eigenvalue weighted by molar-refractivity contribution is 6.03. The first-order valence-electron chi connectivity index (χ1n) is 10.6. The molecule has 0 saturated carbocycles. The van der Waals surface area contributed by atoms with Gasteiger partial charge in [-0.25, -0.2) is 0 Å². The maximum absolute atomic E-state index is 13.4. The molecule has 5 N–H and O–H groups in total. The zero-order valence-corrected chi connectivity index (χ0v) is 18.0. The van der Waals surface area contributed by atoms with Crippen molar-refractivity contribution in [2.45, 2.75) is 13.0 Å². The fraction of sp³-hybridized carbons (Fsp3) is 0.304. The molecule has 1 amide bonds. The summed E-state index contributed by atoms with van der Waals surface area (Å²) >= 11 is 0. The molecular formula is C23H26N6O3. The zero-order valence-electron chi connectivity index (χ0n) is 18.0. The molecule has 2 aliphatic rings. The summed E-state index contributed by atoms with van der Waals surface area (Å²) in [6, 6.07) is 12.7. The smallest absolute Gasteiger partial charge is 0.259 e. The molecule has 9 nitrogen and oxygen atoms in total. The third-order valence-corrected chi connectivity index (χ3v) is 6.26. The number of carbonyl (C=O) groups is 1. The Balaban J connectivity index is 1.47. The Morgan fingerprint density at radius 1 is 1.19 bits per heavy atom. The molecule has 2 unspecified atom stereocenters. The summed E-state index contributed by atoms with van der Waals surface area (Å²) < 4.78 is 1.67. The van der Waals surface area contributed by atoms with Crippen LogP contribution in [0.15, 0.2) is 42.5 Å². The third kappa shape index (κ3) is 3.55. The average molecular weight is 435 g/mol. The van der Waals surface area contributed by atoms with Crippen LogP contribution in [-0.4, -0.2) is 56.5 Å². The van der Waals surface area contributed by atoms with Crippen LogP contribution in [0, 0.1) is 12.8 Å². The number of carbonyl (C=O) groups excluding carboxylic acids is 1. The van der Waals surface area contributed by atoms with E-state index >= 15 is 0 Å². The lowest BCUT2D eigenvalue weighted by atomic mass is 10.1. The number of amides is 1. The number of aryl methyl sites for hydroxylation is 2. The van der Waals surface area contributed by atoms with Crippen LogP contribution in [0.4, 0.5) is 11.5 Å². The number of anilines is 2. The highest BCUT2D eigenvalue weighted by Gasteiger charge is 2.39. The number of fused-ring (bicyclic) bond motifs is 1. The Morgan fingerprint density at radius 3 is 2.78 bits per heavy atom. The van der Waals surface area contributed by atoms with Gasteiger partial charge < -0.3 is 20.4 Å². The highest BCUT2D eigenvalue weighted by atomic mass is 16.3. The van der Waals surface area contributed by atoms with Crippen molar-refractivity contribution in [1.29, 1.82) is 0 Å². The summed E-state index contributed by atoms with van der Waals surface area (Å²) in [6.45, 7) is 3.99. The number of phenols is 2. The maximum Gasteiger partial charge on any atom is 0.259 e. The molecule has 2 atom stereocenters. The van der Waals surface area contributed by atoms with Crippen molar-refractivity contribution in [1.82, 2.24) is 25.5 Å². The molecule has 0 bridgehead atoms. The van der Waals surface area contributed by atoms with E-state index < -0.39 is 0 Å². The quantitative estimate of drug-likeness (QED) is 0.427. The summed E-state index contributed by atoms with van der Waals surface area (Å²) in [5.41, 5.74) is 9.67. The molecule has 9 heteroatoms. The molecule has 0 spiro atoms. The van der Waals surface area contributed by atoms with Gasteiger partial charge in [0.1, 0.15) is 22.9 Å². The normalized spacial score (nSPS) is 19.9. The number of hydrogen-bond acceptors (Lipinski definition) is 7. The maximum atomic E-state index is 13.4. The predicted octanol–water partition coefficient (Wildman–Crippen LogP) is 2.10. The minimum Gasteiger partial charge on any atom is -0.508 e.